The van der Waals surface area contributed by atoms with Gasteiger partial charge in [-0.3, -0.25) is 4.79 Å². The molecule has 8 heteroatoms. The van der Waals surface area contributed by atoms with Crippen LogP contribution in [-0.4, -0.2) is 51.6 Å². The lowest BCUT2D eigenvalue weighted by atomic mass is 9.89. The normalized spacial score (nSPS) is 19.5. The summed E-state index contributed by atoms with van der Waals surface area (Å²) in [6.07, 6.45) is 15.6. The molecule has 1 saturated carbocycles. The van der Waals surface area contributed by atoms with Gasteiger partial charge in [-0.2, -0.15) is 0 Å². The number of amides is 1. The largest absolute Gasteiger partial charge is 0.473 e. The van der Waals surface area contributed by atoms with Crippen LogP contribution in [0.2, 0.25) is 0 Å². The van der Waals surface area contributed by atoms with Gasteiger partial charge in [0.25, 0.3) is 5.91 Å². The summed E-state index contributed by atoms with van der Waals surface area (Å²) in [6, 6.07) is 5.95. The number of nitrogens with one attached hydrogen (secondary N) is 3. The minimum absolute atomic E-state index is 0.116. The first-order valence-electron chi connectivity index (χ1n) is 12.0. The highest BCUT2D eigenvalue weighted by Crippen LogP contribution is 2.32. The monoisotopic (exact) mass is 458 g/mol. The number of aromatic amines is 1. The van der Waals surface area contributed by atoms with E-state index in [2.05, 4.69) is 38.8 Å². The van der Waals surface area contributed by atoms with E-state index in [9.17, 15) is 4.79 Å². The van der Waals surface area contributed by atoms with Crippen LogP contribution in [0.15, 0.2) is 48.8 Å². The van der Waals surface area contributed by atoms with E-state index < -0.39 is 0 Å². The molecule has 5 rings (SSSR count). The predicted molar refractivity (Wildman–Crippen MR) is 132 cm³/mol. The second-order valence-electron chi connectivity index (χ2n) is 8.81. The number of imidazole rings is 1. The number of rotatable bonds is 9. The molecule has 0 bridgehead atoms. The van der Waals surface area contributed by atoms with Gasteiger partial charge in [-0.15, -0.1) is 0 Å². The van der Waals surface area contributed by atoms with Gasteiger partial charge in [-0.05, 0) is 57.4 Å². The first-order chi connectivity index (χ1) is 16.7. The molecule has 0 saturated heterocycles. The molecule has 3 aromatic rings. The van der Waals surface area contributed by atoms with Gasteiger partial charge < -0.3 is 20.4 Å². The van der Waals surface area contributed by atoms with Crippen molar-refractivity contribution in [2.24, 2.45) is 0 Å². The van der Waals surface area contributed by atoms with Gasteiger partial charge in [-0.1, -0.05) is 18.2 Å². The van der Waals surface area contributed by atoms with Crippen LogP contribution in [0, 0.1) is 0 Å². The maximum Gasteiger partial charge on any atom is 0.251 e. The lowest BCUT2D eigenvalue weighted by molar-refractivity contribution is 0.0835. The molecule has 0 radical (unpaired) electrons. The second-order valence-corrected chi connectivity index (χ2v) is 8.81. The lowest BCUT2D eigenvalue weighted by Crippen LogP contribution is -2.45. The molecule has 0 atom stereocenters. The van der Waals surface area contributed by atoms with Gasteiger partial charge in [0, 0.05) is 42.5 Å². The number of carbonyl (C=O) groups is 1. The van der Waals surface area contributed by atoms with Crippen LogP contribution in [0.4, 0.5) is 0 Å². The number of benzene rings is 1. The smallest absolute Gasteiger partial charge is 0.251 e. The highest BCUT2D eigenvalue weighted by atomic mass is 16.5. The first kappa shape index (κ1) is 22.3. The van der Waals surface area contributed by atoms with Crippen molar-refractivity contribution < 1.29 is 9.53 Å². The highest BCUT2D eigenvalue weighted by molar-refractivity contribution is 5.97. The van der Waals surface area contributed by atoms with E-state index in [1.165, 1.54) is 0 Å². The molecule has 34 heavy (non-hydrogen) atoms. The number of carbonyl (C=O) groups excluding carboxylic acids is 1. The second kappa shape index (κ2) is 10.2. The average molecular weight is 459 g/mol. The molecule has 2 aliphatic carbocycles. The molecule has 1 amide bonds. The quantitative estimate of drug-likeness (QED) is 0.424. The highest BCUT2D eigenvalue weighted by Gasteiger charge is 2.31. The zero-order chi connectivity index (χ0) is 23.3. The third-order valence-corrected chi connectivity index (χ3v) is 6.37. The van der Waals surface area contributed by atoms with Gasteiger partial charge in [0.1, 0.15) is 17.6 Å². The molecule has 3 N–H and O–H groups in total. The van der Waals surface area contributed by atoms with Gasteiger partial charge in [0.15, 0.2) is 0 Å². The minimum atomic E-state index is -0.116. The molecule has 0 spiro atoms. The Bertz CT molecular complexity index is 1210. The van der Waals surface area contributed by atoms with Crippen molar-refractivity contribution in [3.8, 4) is 5.88 Å². The number of ether oxygens (including phenoxy) is 1. The minimum Gasteiger partial charge on any atom is -0.473 e. The Hall–Kier alpha value is -3.52. The molecule has 1 fully saturated rings. The Morgan fingerprint density at radius 2 is 2.12 bits per heavy atom. The number of H-pyrrole nitrogens is 1. The number of fused-ring (bicyclic) bond motifs is 1. The Labute approximate surface area is 198 Å². The predicted octanol–water partition coefficient (Wildman–Crippen LogP) is 3.58. The van der Waals surface area contributed by atoms with Crippen LogP contribution in [0.25, 0.3) is 16.6 Å². The summed E-state index contributed by atoms with van der Waals surface area (Å²) in [5.74, 6) is 1.38. The number of aryl methyl sites for hydroxylation is 1. The SMILES string of the molecule is CN[C@H]1C[C@H](Oc2nc3ccc(C(=O)NCCCc4ncc[nH]4)cc3nc2C2=CCCC=C2)C1. The summed E-state index contributed by atoms with van der Waals surface area (Å²) in [5.41, 5.74) is 3.74. The fourth-order valence-corrected chi connectivity index (χ4v) is 4.29. The van der Waals surface area contributed by atoms with Gasteiger partial charge in [-0.25, -0.2) is 15.0 Å². The fraction of sp³-hybridized carbons (Fsp3) is 0.385. The summed E-state index contributed by atoms with van der Waals surface area (Å²) < 4.78 is 6.27. The van der Waals surface area contributed by atoms with Gasteiger partial charge in [0.05, 0.1) is 11.0 Å². The van der Waals surface area contributed by atoms with Crippen LogP contribution in [0.5, 0.6) is 5.88 Å². The molecule has 0 aliphatic heterocycles. The van der Waals surface area contributed by atoms with E-state index in [1.54, 1.807) is 18.5 Å². The molecular formula is C26H30N6O2. The van der Waals surface area contributed by atoms with Crippen LogP contribution in [-0.2, 0) is 6.42 Å². The van der Waals surface area contributed by atoms with E-state index >= 15 is 0 Å². The van der Waals surface area contributed by atoms with Crippen LogP contribution < -0.4 is 15.4 Å². The van der Waals surface area contributed by atoms with Crippen molar-refractivity contribution in [1.29, 1.82) is 0 Å². The Morgan fingerprint density at radius 3 is 2.88 bits per heavy atom. The van der Waals surface area contributed by atoms with Crippen molar-refractivity contribution in [2.75, 3.05) is 13.6 Å². The molecule has 176 valence electrons. The third kappa shape index (κ3) is 5.02. The summed E-state index contributed by atoms with van der Waals surface area (Å²) in [5, 5.41) is 6.27. The average Bonchev–Trinajstić information content (AvgIpc) is 3.37. The number of allylic oxidation sites excluding steroid dienone is 4. The van der Waals surface area contributed by atoms with Crippen molar-refractivity contribution in [1.82, 2.24) is 30.6 Å². The Kier molecular flexibility index (Phi) is 6.67. The number of hydrogen-bond acceptors (Lipinski definition) is 6. The van der Waals surface area contributed by atoms with Crippen LogP contribution >= 0.6 is 0 Å². The number of hydrogen-bond donors (Lipinski definition) is 3. The van der Waals surface area contributed by atoms with Crippen molar-refractivity contribution in [3.63, 3.8) is 0 Å². The summed E-state index contributed by atoms with van der Waals surface area (Å²) in [4.78, 5) is 29.7. The van der Waals surface area contributed by atoms with Crippen molar-refractivity contribution in [2.45, 2.75) is 50.7 Å². The molecule has 2 aromatic heterocycles. The molecule has 2 aliphatic rings. The molecule has 1 aromatic carbocycles. The molecule has 0 unspecified atom stereocenters. The third-order valence-electron chi connectivity index (χ3n) is 6.37. The zero-order valence-corrected chi connectivity index (χ0v) is 19.4. The Morgan fingerprint density at radius 1 is 1.21 bits per heavy atom. The summed E-state index contributed by atoms with van der Waals surface area (Å²) in [6.45, 7) is 0.577. The maximum atomic E-state index is 12.7. The van der Waals surface area contributed by atoms with Gasteiger partial charge in [0.2, 0.25) is 5.88 Å². The molecule has 8 nitrogen and oxygen atoms in total. The van der Waals surface area contributed by atoms with E-state index in [1.807, 2.05) is 19.2 Å². The Balaban J connectivity index is 1.33. The first-order valence-corrected chi connectivity index (χ1v) is 12.0. The van der Waals surface area contributed by atoms with E-state index in [0.717, 1.165) is 61.1 Å². The van der Waals surface area contributed by atoms with Gasteiger partial charge >= 0.3 is 0 Å². The maximum absolute atomic E-state index is 12.7. The van der Waals surface area contributed by atoms with Crippen molar-refractivity contribution >= 4 is 22.5 Å². The fourth-order valence-electron chi connectivity index (χ4n) is 4.29. The van der Waals surface area contributed by atoms with Crippen LogP contribution in [0.3, 0.4) is 0 Å². The summed E-state index contributed by atoms with van der Waals surface area (Å²) >= 11 is 0. The standard InChI is InChI=1S/C26H30N6O2/c1-27-19-15-20(16-19)34-26-24(17-6-3-2-4-7-17)31-22-14-18(9-10-21(22)32-26)25(33)30-11-5-8-23-28-12-13-29-23/h3,6-7,9-10,12-14,19-20,27H,2,4-5,8,11,15-16H2,1H3,(H,28,29)(H,30,33)/t19-,20-. The van der Waals surface area contributed by atoms with E-state index in [0.29, 0.717) is 29.5 Å². The van der Waals surface area contributed by atoms with E-state index in [-0.39, 0.29) is 12.0 Å². The van der Waals surface area contributed by atoms with Crippen LogP contribution in [0.1, 0.15) is 54.0 Å². The number of aromatic nitrogens is 4. The summed E-state index contributed by atoms with van der Waals surface area (Å²) in [7, 11) is 1.98. The topological polar surface area (TPSA) is 105 Å². The zero-order valence-electron chi connectivity index (χ0n) is 19.4. The van der Waals surface area contributed by atoms with Crippen molar-refractivity contribution in [3.05, 3.63) is 65.9 Å². The van der Waals surface area contributed by atoms with E-state index in [4.69, 9.17) is 14.7 Å². The number of nitrogens with zero attached hydrogens (tertiary/aromatic N) is 3. The molecule has 2 heterocycles. The molecular weight excluding hydrogens is 428 g/mol. The lowest BCUT2D eigenvalue weighted by Gasteiger charge is -2.35.